The van der Waals surface area contributed by atoms with Gasteiger partial charge in [-0.1, -0.05) is 6.92 Å². The fraction of sp³-hybridized carbons (Fsp3) is 0.588. The first-order valence-electron chi connectivity index (χ1n) is 8.59. The van der Waals surface area contributed by atoms with Crippen LogP contribution >= 0.6 is 35.3 Å². The minimum absolute atomic E-state index is 0. The van der Waals surface area contributed by atoms with Crippen molar-refractivity contribution in [1.82, 2.24) is 24.8 Å². The molecule has 2 atom stereocenters. The van der Waals surface area contributed by atoms with Gasteiger partial charge in [-0.05, 0) is 26.2 Å². The fourth-order valence-electron chi connectivity index (χ4n) is 3.14. The molecule has 25 heavy (non-hydrogen) atoms. The number of aryl methyl sites for hydroxylation is 1. The minimum Gasteiger partial charge on any atom is -0.357 e. The average molecular weight is 474 g/mol. The molecule has 2 aromatic rings. The van der Waals surface area contributed by atoms with Gasteiger partial charge < -0.3 is 14.8 Å². The van der Waals surface area contributed by atoms with Crippen LogP contribution in [-0.4, -0.2) is 45.0 Å². The third-order valence-corrected chi connectivity index (χ3v) is 5.39. The van der Waals surface area contributed by atoms with Crippen molar-refractivity contribution >= 4 is 41.3 Å². The topological polar surface area (TPSA) is 58.3 Å². The number of halogens is 1. The second-order valence-corrected chi connectivity index (χ2v) is 7.64. The second kappa shape index (κ2) is 9.51. The second-order valence-electron chi connectivity index (χ2n) is 6.32. The summed E-state index contributed by atoms with van der Waals surface area (Å²) in [6.45, 7) is 10.0. The maximum atomic E-state index is 4.82. The van der Waals surface area contributed by atoms with Crippen LogP contribution in [0.4, 0.5) is 0 Å². The van der Waals surface area contributed by atoms with E-state index in [1.807, 2.05) is 18.7 Å². The number of thiazole rings is 1. The van der Waals surface area contributed by atoms with Crippen LogP contribution in [0.15, 0.2) is 29.9 Å². The third kappa shape index (κ3) is 5.16. The molecule has 6 nitrogen and oxygen atoms in total. The van der Waals surface area contributed by atoms with Crippen molar-refractivity contribution in [1.29, 1.82) is 0 Å². The Labute approximate surface area is 170 Å². The summed E-state index contributed by atoms with van der Waals surface area (Å²) < 4.78 is 2.23. The summed E-state index contributed by atoms with van der Waals surface area (Å²) in [4.78, 5) is 17.0. The maximum absolute atomic E-state index is 4.82. The first-order chi connectivity index (χ1) is 11.7. The zero-order chi connectivity index (χ0) is 16.9. The molecule has 1 saturated heterocycles. The van der Waals surface area contributed by atoms with E-state index in [4.69, 9.17) is 4.99 Å². The first kappa shape index (κ1) is 20.2. The smallest absolute Gasteiger partial charge is 0.194 e. The highest BCUT2D eigenvalue weighted by Gasteiger charge is 2.28. The molecular formula is C17H27IN6S. The quantitative estimate of drug-likeness (QED) is 0.420. The molecule has 2 aromatic heterocycles. The van der Waals surface area contributed by atoms with E-state index >= 15 is 0 Å². The molecule has 138 valence electrons. The normalized spacial score (nSPS) is 21.1. The Morgan fingerprint density at radius 1 is 1.48 bits per heavy atom. The van der Waals surface area contributed by atoms with Crippen molar-refractivity contribution in [3.05, 3.63) is 34.8 Å². The highest BCUT2D eigenvalue weighted by Crippen LogP contribution is 2.27. The number of likely N-dealkylation sites (tertiary alicyclic amines) is 1. The average Bonchev–Trinajstić information content (AvgIpc) is 3.24. The molecule has 0 spiro atoms. The molecule has 0 amide bonds. The molecule has 0 bridgehead atoms. The van der Waals surface area contributed by atoms with Crippen molar-refractivity contribution in [3.8, 4) is 0 Å². The van der Waals surface area contributed by atoms with Crippen LogP contribution in [0.25, 0.3) is 0 Å². The largest absolute Gasteiger partial charge is 0.357 e. The monoisotopic (exact) mass is 474 g/mol. The van der Waals surface area contributed by atoms with Crippen molar-refractivity contribution in [2.45, 2.75) is 39.8 Å². The van der Waals surface area contributed by atoms with Gasteiger partial charge in [0, 0.05) is 43.1 Å². The van der Waals surface area contributed by atoms with Gasteiger partial charge in [0.25, 0.3) is 0 Å². The predicted molar refractivity (Wildman–Crippen MR) is 114 cm³/mol. The molecule has 2 unspecified atom stereocenters. The number of nitrogens with zero attached hydrogens (tertiary/aromatic N) is 5. The summed E-state index contributed by atoms with van der Waals surface area (Å²) in [6, 6.07) is 0.437. The van der Waals surface area contributed by atoms with E-state index in [2.05, 4.69) is 51.7 Å². The van der Waals surface area contributed by atoms with E-state index in [1.54, 1.807) is 11.3 Å². The number of hydrogen-bond acceptors (Lipinski definition) is 4. The molecule has 3 rings (SSSR count). The van der Waals surface area contributed by atoms with Gasteiger partial charge in [0.15, 0.2) is 5.96 Å². The van der Waals surface area contributed by atoms with Crippen LogP contribution in [-0.2, 0) is 6.54 Å². The lowest BCUT2D eigenvalue weighted by Gasteiger charge is -2.39. The molecule has 3 heterocycles. The van der Waals surface area contributed by atoms with Crippen molar-refractivity contribution in [2.75, 3.05) is 19.6 Å². The Hall–Kier alpha value is -1.16. The Morgan fingerprint density at radius 3 is 2.96 bits per heavy atom. The zero-order valence-electron chi connectivity index (χ0n) is 15.1. The molecule has 0 saturated carbocycles. The van der Waals surface area contributed by atoms with Crippen molar-refractivity contribution in [3.63, 3.8) is 0 Å². The number of aromatic nitrogens is 3. The summed E-state index contributed by atoms with van der Waals surface area (Å²) in [6.07, 6.45) is 8.92. The number of rotatable bonds is 4. The number of guanidine groups is 1. The lowest BCUT2D eigenvalue weighted by atomic mass is 9.93. The van der Waals surface area contributed by atoms with E-state index in [0.717, 1.165) is 37.0 Å². The van der Waals surface area contributed by atoms with Crippen molar-refractivity contribution < 1.29 is 0 Å². The van der Waals surface area contributed by atoms with Gasteiger partial charge in [-0.15, -0.1) is 35.3 Å². The van der Waals surface area contributed by atoms with Gasteiger partial charge in [0.1, 0.15) is 5.01 Å². The Morgan fingerprint density at radius 2 is 2.32 bits per heavy atom. The summed E-state index contributed by atoms with van der Waals surface area (Å²) >= 11 is 1.72. The summed E-state index contributed by atoms with van der Waals surface area (Å²) in [5.41, 5.74) is 0. The van der Waals surface area contributed by atoms with Crippen LogP contribution in [0.1, 0.15) is 36.2 Å². The van der Waals surface area contributed by atoms with Gasteiger partial charge in [-0.2, -0.15) is 0 Å². The van der Waals surface area contributed by atoms with Gasteiger partial charge in [-0.3, -0.25) is 0 Å². The van der Waals surface area contributed by atoms with E-state index in [-0.39, 0.29) is 24.0 Å². The molecule has 1 aliphatic rings. The SMILES string of the molecule is CCNC(=NCc1ncc(C)s1)N1CCC(C)C(n2ccnc2)C1.I. The maximum Gasteiger partial charge on any atom is 0.194 e. The number of nitrogens with one attached hydrogen (secondary N) is 1. The summed E-state index contributed by atoms with van der Waals surface area (Å²) in [7, 11) is 0. The molecule has 0 radical (unpaired) electrons. The Balaban J connectivity index is 0.00000225. The summed E-state index contributed by atoms with van der Waals surface area (Å²) in [5, 5.41) is 4.51. The van der Waals surface area contributed by atoms with E-state index < -0.39 is 0 Å². The van der Waals surface area contributed by atoms with Gasteiger partial charge in [0.05, 0.1) is 18.9 Å². The fourth-order valence-corrected chi connectivity index (χ4v) is 3.85. The van der Waals surface area contributed by atoms with Crippen LogP contribution in [0.3, 0.4) is 0 Å². The van der Waals surface area contributed by atoms with E-state index in [9.17, 15) is 0 Å². The molecule has 1 aliphatic heterocycles. The Kier molecular flexibility index (Phi) is 7.67. The molecule has 0 aliphatic carbocycles. The minimum atomic E-state index is 0. The van der Waals surface area contributed by atoms with Crippen LogP contribution in [0.2, 0.25) is 0 Å². The predicted octanol–water partition coefficient (Wildman–Crippen LogP) is 3.31. The zero-order valence-corrected chi connectivity index (χ0v) is 18.2. The van der Waals surface area contributed by atoms with Crippen LogP contribution in [0, 0.1) is 12.8 Å². The van der Waals surface area contributed by atoms with Gasteiger partial charge in [-0.25, -0.2) is 15.0 Å². The lowest BCUT2D eigenvalue weighted by molar-refractivity contribution is 0.189. The van der Waals surface area contributed by atoms with E-state index in [1.165, 1.54) is 4.88 Å². The molecular weight excluding hydrogens is 447 g/mol. The van der Waals surface area contributed by atoms with E-state index in [0.29, 0.717) is 18.5 Å². The molecule has 0 aromatic carbocycles. The van der Waals surface area contributed by atoms with Crippen LogP contribution < -0.4 is 5.32 Å². The third-order valence-electron chi connectivity index (χ3n) is 4.49. The lowest BCUT2D eigenvalue weighted by Crippen LogP contribution is -2.49. The molecule has 1 fully saturated rings. The summed E-state index contributed by atoms with van der Waals surface area (Å²) in [5.74, 6) is 1.63. The number of imidazole rings is 1. The molecule has 1 N–H and O–H groups in total. The highest BCUT2D eigenvalue weighted by molar-refractivity contribution is 14.0. The van der Waals surface area contributed by atoms with Crippen molar-refractivity contribution in [2.24, 2.45) is 10.9 Å². The first-order valence-corrected chi connectivity index (χ1v) is 9.41. The standard InChI is InChI=1S/C17H26N6S.HI/c1-4-19-17(21-10-16-20-9-14(3)24-16)22-7-5-13(2)15(11-22)23-8-6-18-12-23;/h6,8-9,12-13,15H,4-5,7,10-11H2,1-3H3,(H,19,21);1H. The number of hydrogen-bond donors (Lipinski definition) is 1. The van der Waals surface area contributed by atoms with Gasteiger partial charge in [0.2, 0.25) is 0 Å². The number of aliphatic imine (C=N–C) groups is 1. The van der Waals surface area contributed by atoms with Crippen LogP contribution in [0.5, 0.6) is 0 Å². The molecule has 8 heteroatoms. The number of piperidine rings is 1. The highest BCUT2D eigenvalue weighted by atomic mass is 127. The Bertz CT molecular complexity index is 668. The van der Waals surface area contributed by atoms with Gasteiger partial charge >= 0.3 is 0 Å².